The summed E-state index contributed by atoms with van der Waals surface area (Å²) in [6, 6.07) is 3.19. The van der Waals surface area contributed by atoms with Crippen molar-refractivity contribution in [1.29, 1.82) is 0 Å². The fourth-order valence-corrected chi connectivity index (χ4v) is 5.85. The van der Waals surface area contributed by atoms with Crippen molar-refractivity contribution in [3.05, 3.63) is 22.2 Å². The third kappa shape index (κ3) is 3.41. The highest BCUT2D eigenvalue weighted by Gasteiger charge is 2.36. The number of rotatable bonds is 3. The molecule has 0 aromatic heterocycles. The van der Waals surface area contributed by atoms with Gasteiger partial charge in [0.25, 0.3) is 0 Å². The molecule has 1 amide bonds. The van der Waals surface area contributed by atoms with Gasteiger partial charge in [0.1, 0.15) is 0 Å². The van der Waals surface area contributed by atoms with Crippen LogP contribution in [0.5, 0.6) is 0 Å². The summed E-state index contributed by atoms with van der Waals surface area (Å²) in [5.41, 5.74) is 7.22. The zero-order valence-corrected chi connectivity index (χ0v) is 15.6. The van der Waals surface area contributed by atoms with E-state index in [1.807, 2.05) is 0 Å². The minimum absolute atomic E-state index is 0. The van der Waals surface area contributed by atoms with Gasteiger partial charge in [0.2, 0.25) is 15.9 Å². The molecule has 2 heterocycles. The van der Waals surface area contributed by atoms with Gasteiger partial charge < -0.3 is 11.1 Å². The Bertz CT molecular complexity index is 726. The van der Waals surface area contributed by atoms with Gasteiger partial charge in [-0.05, 0) is 52.9 Å². The van der Waals surface area contributed by atoms with E-state index in [2.05, 4.69) is 21.2 Å². The van der Waals surface area contributed by atoms with E-state index in [1.165, 1.54) is 4.31 Å². The number of carbonyl (C=O) groups is 1. The van der Waals surface area contributed by atoms with Crippen LogP contribution < -0.4 is 11.1 Å². The molecule has 2 aliphatic rings. The Morgan fingerprint density at radius 3 is 2.78 bits per heavy atom. The number of sulfonamides is 1. The number of amides is 1. The first-order valence-corrected chi connectivity index (χ1v) is 9.51. The van der Waals surface area contributed by atoms with Crippen molar-refractivity contribution in [3.8, 4) is 0 Å². The number of benzene rings is 1. The van der Waals surface area contributed by atoms with Crippen molar-refractivity contribution in [2.24, 2.45) is 5.73 Å². The quantitative estimate of drug-likeness (QED) is 0.775. The molecule has 0 spiro atoms. The summed E-state index contributed by atoms with van der Waals surface area (Å²) < 4.78 is 27.8. The third-order valence-corrected chi connectivity index (χ3v) is 7.15. The molecule has 6 nitrogen and oxygen atoms in total. The van der Waals surface area contributed by atoms with Crippen LogP contribution in [0.4, 0.5) is 5.69 Å². The van der Waals surface area contributed by atoms with Crippen LogP contribution in [0.25, 0.3) is 0 Å². The van der Waals surface area contributed by atoms with E-state index < -0.39 is 10.0 Å². The van der Waals surface area contributed by atoms with Gasteiger partial charge in [-0.2, -0.15) is 4.31 Å². The van der Waals surface area contributed by atoms with E-state index in [0.29, 0.717) is 36.1 Å². The minimum Gasteiger partial charge on any atom is -0.329 e. The average molecular weight is 425 g/mol. The minimum atomic E-state index is -3.63. The first kappa shape index (κ1) is 18.7. The summed E-state index contributed by atoms with van der Waals surface area (Å²) in [5, 5.41) is 2.75. The molecule has 1 saturated heterocycles. The van der Waals surface area contributed by atoms with E-state index in [4.69, 9.17) is 5.73 Å². The molecule has 3 N–H and O–H groups in total. The van der Waals surface area contributed by atoms with Crippen LogP contribution in [-0.4, -0.2) is 37.8 Å². The predicted octanol–water partition coefficient (Wildman–Crippen LogP) is 1.87. The third-order valence-electron chi connectivity index (χ3n) is 4.24. The van der Waals surface area contributed by atoms with Crippen LogP contribution in [0, 0.1) is 0 Å². The SMILES string of the molecule is Cl.NCC1CCCN1S(=O)(=O)c1cc2c(cc1Br)CCC(=O)N2. The fourth-order valence-electron chi connectivity index (χ4n) is 3.06. The van der Waals surface area contributed by atoms with E-state index in [9.17, 15) is 13.2 Å². The van der Waals surface area contributed by atoms with Crippen LogP contribution in [0.1, 0.15) is 24.8 Å². The van der Waals surface area contributed by atoms with Gasteiger partial charge in [-0.1, -0.05) is 0 Å². The summed E-state index contributed by atoms with van der Waals surface area (Å²) in [6.45, 7) is 0.804. The monoisotopic (exact) mass is 423 g/mol. The summed E-state index contributed by atoms with van der Waals surface area (Å²) in [5.74, 6) is -0.0841. The van der Waals surface area contributed by atoms with E-state index in [-0.39, 0.29) is 29.3 Å². The van der Waals surface area contributed by atoms with Crippen molar-refractivity contribution in [2.75, 3.05) is 18.4 Å². The van der Waals surface area contributed by atoms with Crippen molar-refractivity contribution < 1.29 is 13.2 Å². The highest BCUT2D eigenvalue weighted by molar-refractivity contribution is 9.10. The molecule has 128 valence electrons. The Kier molecular flexibility index (Phi) is 5.73. The molecular weight excluding hydrogens is 406 g/mol. The van der Waals surface area contributed by atoms with Crippen LogP contribution >= 0.6 is 28.3 Å². The molecule has 0 bridgehead atoms. The lowest BCUT2D eigenvalue weighted by molar-refractivity contribution is -0.116. The standard InChI is InChI=1S/C14H18BrN3O3S.ClH/c15-11-6-9-3-4-14(19)17-12(9)7-13(11)22(20,21)18-5-1-2-10(18)8-16;/h6-7,10H,1-5,8,16H2,(H,17,19);1H. The Hall–Kier alpha value is -0.670. The number of nitrogens with one attached hydrogen (secondary N) is 1. The van der Waals surface area contributed by atoms with Gasteiger partial charge in [0.05, 0.1) is 4.90 Å². The first-order chi connectivity index (χ1) is 10.4. The maximum Gasteiger partial charge on any atom is 0.244 e. The maximum absolute atomic E-state index is 12.9. The molecule has 0 saturated carbocycles. The average Bonchev–Trinajstić information content (AvgIpc) is 2.96. The highest BCUT2D eigenvalue weighted by atomic mass is 79.9. The number of hydrogen-bond acceptors (Lipinski definition) is 4. The molecule has 23 heavy (non-hydrogen) atoms. The largest absolute Gasteiger partial charge is 0.329 e. The molecule has 9 heteroatoms. The number of hydrogen-bond donors (Lipinski definition) is 2. The lowest BCUT2D eigenvalue weighted by Gasteiger charge is -2.25. The van der Waals surface area contributed by atoms with Crippen LogP contribution in [0.2, 0.25) is 0 Å². The molecule has 3 rings (SSSR count). The molecule has 2 aliphatic heterocycles. The highest BCUT2D eigenvalue weighted by Crippen LogP contribution is 2.35. The zero-order valence-electron chi connectivity index (χ0n) is 12.4. The van der Waals surface area contributed by atoms with Crippen LogP contribution in [-0.2, 0) is 21.2 Å². The second-order valence-electron chi connectivity index (χ2n) is 5.64. The molecule has 1 aromatic rings. The summed E-state index contributed by atoms with van der Waals surface area (Å²) in [7, 11) is -3.63. The topological polar surface area (TPSA) is 92.5 Å². The van der Waals surface area contributed by atoms with Crippen LogP contribution in [0.3, 0.4) is 0 Å². The van der Waals surface area contributed by atoms with E-state index in [1.54, 1.807) is 12.1 Å². The second kappa shape index (κ2) is 7.06. The molecule has 1 fully saturated rings. The van der Waals surface area contributed by atoms with Gasteiger partial charge >= 0.3 is 0 Å². The summed E-state index contributed by atoms with van der Waals surface area (Å²) in [6.07, 6.45) is 2.65. The second-order valence-corrected chi connectivity index (χ2v) is 8.35. The van der Waals surface area contributed by atoms with E-state index >= 15 is 0 Å². The number of nitrogens with two attached hydrogens (primary N) is 1. The van der Waals surface area contributed by atoms with Crippen molar-refractivity contribution >= 4 is 50.0 Å². The number of halogens is 2. The molecule has 1 unspecified atom stereocenters. The molecular formula is C14H19BrClN3O3S. The lowest BCUT2D eigenvalue weighted by Crippen LogP contribution is -2.40. The Morgan fingerprint density at radius 1 is 1.35 bits per heavy atom. The van der Waals surface area contributed by atoms with Crippen molar-refractivity contribution in [1.82, 2.24) is 4.31 Å². The Morgan fingerprint density at radius 2 is 2.09 bits per heavy atom. The number of carbonyl (C=O) groups excluding carboxylic acids is 1. The molecule has 0 radical (unpaired) electrons. The number of fused-ring (bicyclic) bond motifs is 1. The van der Waals surface area contributed by atoms with Crippen molar-refractivity contribution in [2.45, 2.75) is 36.6 Å². The molecule has 0 aliphatic carbocycles. The molecule has 1 aromatic carbocycles. The maximum atomic E-state index is 12.9. The van der Waals surface area contributed by atoms with Crippen LogP contribution in [0.15, 0.2) is 21.5 Å². The summed E-state index contributed by atoms with van der Waals surface area (Å²) in [4.78, 5) is 11.7. The zero-order chi connectivity index (χ0) is 15.9. The number of aryl methyl sites for hydroxylation is 1. The van der Waals surface area contributed by atoms with Gasteiger partial charge in [-0.15, -0.1) is 12.4 Å². The first-order valence-electron chi connectivity index (χ1n) is 7.27. The van der Waals surface area contributed by atoms with Gasteiger partial charge in [0, 0.05) is 35.7 Å². The predicted molar refractivity (Wildman–Crippen MR) is 94.3 cm³/mol. The van der Waals surface area contributed by atoms with Gasteiger partial charge in [0.15, 0.2) is 0 Å². The fraction of sp³-hybridized carbons (Fsp3) is 0.500. The number of nitrogens with zero attached hydrogens (tertiary/aromatic N) is 1. The van der Waals surface area contributed by atoms with Crippen molar-refractivity contribution in [3.63, 3.8) is 0 Å². The molecule has 1 atom stereocenters. The lowest BCUT2D eigenvalue weighted by atomic mass is 10.0. The summed E-state index contributed by atoms with van der Waals surface area (Å²) >= 11 is 3.37. The normalized spacial score (nSPS) is 21.5. The van der Waals surface area contributed by atoms with E-state index in [0.717, 1.165) is 18.4 Å². The van der Waals surface area contributed by atoms with Gasteiger partial charge in [-0.25, -0.2) is 8.42 Å². The number of anilines is 1. The Balaban J connectivity index is 0.00000192. The van der Waals surface area contributed by atoms with Gasteiger partial charge in [-0.3, -0.25) is 4.79 Å². The Labute approximate surface area is 150 Å². The smallest absolute Gasteiger partial charge is 0.244 e.